The Labute approximate surface area is 44.4 Å². The van der Waals surface area contributed by atoms with E-state index < -0.39 is 0 Å². The van der Waals surface area contributed by atoms with Crippen molar-refractivity contribution < 1.29 is 0 Å². The molecule has 0 amide bonds. The number of hydrogen-bond acceptors (Lipinski definition) is 1. The Morgan fingerprint density at radius 3 is 2.00 bits per heavy atom. The fourth-order valence-corrected chi connectivity index (χ4v) is 0. The summed E-state index contributed by atoms with van der Waals surface area (Å²) >= 11 is 0. The van der Waals surface area contributed by atoms with Crippen LogP contribution in [0.2, 0.25) is 0 Å². The molecule has 0 unspecified atom stereocenters. The van der Waals surface area contributed by atoms with Crippen LogP contribution in [0.1, 0.15) is 0 Å². The van der Waals surface area contributed by atoms with Gasteiger partial charge in [0.1, 0.15) is 0 Å². The third-order valence-electron chi connectivity index (χ3n) is 0.167. The summed E-state index contributed by atoms with van der Waals surface area (Å²) in [5.41, 5.74) is 4.91. The first-order valence-corrected chi connectivity index (χ1v) is 1.22. The molecule has 0 heterocycles. The zero-order valence-corrected chi connectivity index (χ0v) is 2.57. The average molecular weight is 65.0 g/mol. The summed E-state index contributed by atoms with van der Waals surface area (Å²) in [7, 11) is 0. The van der Waals surface area contributed by atoms with Crippen LogP contribution in [0.4, 0.5) is 0 Å². The van der Waals surface area contributed by atoms with Crippen molar-refractivity contribution in [3.63, 3.8) is 0 Å². The van der Waals surface area contributed by atoms with E-state index in [4.69, 9.17) is 5.73 Å². The second-order valence-corrected chi connectivity index (χ2v) is 0.524. The van der Waals surface area contributed by atoms with Gasteiger partial charge in [-0.2, -0.15) is 0 Å². The van der Waals surface area contributed by atoms with Crippen molar-refractivity contribution in [2.75, 3.05) is 6.54 Å². The molecular weight excluding hydrogens is 57.0 g/mol. The molecule has 0 saturated carbocycles. The number of hydrogen-bond donors (Lipinski definition) is 1. The first-order chi connectivity index (χ1) is 1.91. The van der Waals surface area contributed by atoms with Crippen molar-refractivity contribution in [3.8, 4) is 0 Å². The molecule has 0 aromatic heterocycles. The molecular formula is C3H8LiN. The van der Waals surface area contributed by atoms with Crippen LogP contribution >= 0.6 is 0 Å². The number of nitrogens with two attached hydrogens (primary N) is 1. The summed E-state index contributed by atoms with van der Waals surface area (Å²) in [6.07, 6.45) is 1.65. The topological polar surface area (TPSA) is 26.0 Å². The molecule has 0 spiro atoms. The normalized spacial score (nSPS) is 5.00. The predicted molar refractivity (Wildman–Crippen MR) is 26.4 cm³/mol. The van der Waals surface area contributed by atoms with E-state index in [1.165, 1.54) is 0 Å². The van der Waals surface area contributed by atoms with E-state index in [-0.39, 0.29) is 18.9 Å². The van der Waals surface area contributed by atoms with E-state index in [0.717, 1.165) is 0 Å². The maximum absolute atomic E-state index is 4.91. The summed E-state index contributed by atoms with van der Waals surface area (Å²) in [6, 6.07) is 0. The monoisotopic (exact) mass is 65.1 g/mol. The van der Waals surface area contributed by atoms with Crippen LogP contribution in [0.3, 0.4) is 0 Å². The van der Waals surface area contributed by atoms with Crippen LogP contribution in [0, 0.1) is 0 Å². The van der Waals surface area contributed by atoms with E-state index >= 15 is 0 Å². The fraction of sp³-hybridized carbons (Fsp3) is 0.333. The predicted octanol–water partition coefficient (Wildman–Crippen LogP) is -0.517. The van der Waals surface area contributed by atoms with Crippen molar-refractivity contribution in [3.05, 3.63) is 12.7 Å². The zero-order valence-electron chi connectivity index (χ0n) is 2.57. The van der Waals surface area contributed by atoms with Crippen molar-refractivity contribution in [2.45, 2.75) is 0 Å². The summed E-state index contributed by atoms with van der Waals surface area (Å²) in [5.74, 6) is 0. The van der Waals surface area contributed by atoms with Gasteiger partial charge in [0.2, 0.25) is 0 Å². The molecule has 1 nitrogen and oxygen atoms in total. The molecule has 0 aromatic carbocycles. The Bertz CT molecular complexity index is 20.9. The van der Waals surface area contributed by atoms with Gasteiger partial charge in [0, 0.05) is 6.54 Å². The van der Waals surface area contributed by atoms with Gasteiger partial charge < -0.3 is 5.73 Å². The molecule has 5 heavy (non-hydrogen) atoms. The van der Waals surface area contributed by atoms with E-state index in [1.807, 2.05) is 0 Å². The van der Waals surface area contributed by atoms with Gasteiger partial charge in [-0.05, 0) is 0 Å². The summed E-state index contributed by atoms with van der Waals surface area (Å²) in [5, 5.41) is 0. The van der Waals surface area contributed by atoms with E-state index in [0.29, 0.717) is 6.54 Å². The fourth-order valence-electron chi connectivity index (χ4n) is 0. The molecule has 0 fully saturated rings. The molecule has 0 rings (SSSR count). The average Bonchev–Trinajstić information content (AvgIpc) is 1.37. The van der Waals surface area contributed by atoms with Crippen LogP contribution in [-0.2, 0) is 0 Å². The second-order valence-electron chi connectivity index (χ2n) is 0.524. The summed E-state index contributed by atoms with van der Waals surface area (Å²) in [4.78, 5) is 0. The molecule has 0 aliphatic heterocycles. The third kappa shape index (κ3) is 13.5. The molecule has 0 bridgehead atoms. The Balaban J connectivity index is 0. The van der Waals surface area contributed by atoms with Crippen molar-refractivity contribution in [1.82, 2.24) is 0 Å². The van der Waals surface area contributed by atoms with Gasteiger partial charge >= 0.3 is 18.9 Å². The molecule has 0 saturated heterocycles. The Morgan fingerprint density at radius 2 is 2.00 bits per heavy atom. The molecule has 0 atom stereocenters. The summed E-state index contributed by atoms with van der Waals surface area (Å²) in [6.45, 7) is 3.94. The number of rotatable bonds is 1. The third-order valence-corrected chi connectivity index (χ3v) is 0.167. The van der Waals surface area contributed by atoms with Gasteiger partial charge in [0.05, 0.1) is 0 Å². The summed E-state index contributed by atoms with van der Waals surface area (Å²) < 4.78 is 0. The minimum absolute atomic E-state index is 0. The van der Waals surface area contributed by atoms with Gasteiger partial charge in [-0.3, -0.25) is 0 Å². The van der Waals surface area contributed by atoms with Gasteiger partial charge in [-0.1, -0.05) is 6.08 Å². The van der Waals surface area contributed by atoms with E-state index in [2.05, 4.69) is 6.58 Å². The van der Waals surface area contributed by atoms with Crippen molar-refractivity contribution in [1.29, 1.82) is 0 Å². The van der Waals surface area contributed by atoms with Gasteiger partial charge in [-0.25, -0.2) is 0 Å². The van der Waals surface area contributed by atoms with Crippen LogP contribution in [0.5, 0.6) is 0 Å². The van der Waals surface area contributed by atoms with Crippen LogP contribution in [0.25, 0.3) is 0 Å². The van der Waals surface area contributed by atoms with Gasteiger partial charge in [-0.15, -0.1) is 6.58 Å². The van der Waals surface area contributed by atoms with Crippen LogP contribution < -0.4 is 5.73 Å². The maximum atomic E-state index is 4.91. The molecule has 2 N–H and O–H groups in total. The Kier molecular flexibility index (Phi) is 15.9. The molecule has 2 heteroatoms. The molecule has 0 aliphatic carbocycles. The SMILES string of the molecule is C=CCN.[LiH]. The standard InChI is InChI=1S/C3H7N.Li.H/c1-2-3-4;;/h2H,1,3-4H2;;. The Morgan fingerprint density at radius 1 is 1.80 bits per heavy atom. The molecule has 0 aliphatic rings. The van der Waals surface area contributed by atoms with Crippen molar-refractivity contribution >= 4 is 18.9 Å². The minimum atomic E-state index is 0. The van der Waals surface area contributed by atoms with Crippen LogP contribution in [-0.4, -0.2) is 25.4 Å². The second kappa shape index (κ2) is 8.85. The van der Waals surface area contributed by atoms with E-state index in [1.54, 1.807) is 6.08 Å². The molecule has 0 aromatic rings. The van der Waals surface area contributed by atoms with Gasteiger partial charge in [0.25, 0.3) is 0 Å². The molecule has 26 valence electrons. The van der Waals surface area contributed by atoms with Crippen molar-refractivity contribution in [2.24, 2.45) is 5.73 Å². The zero-order chi connectivity index (χ0) is 3.41. The molecule has 0 radical (unpaired) electrons. The Hall–Kier alpha value is 0.297. The van der Waals surface area contributed by atoms with Gasteiger partial charge in [0.15, 0.2) is 0 Å². The first kappa shape index (κ1) is 9.00. The quantitative estimate of drug-likeness (QED) is 0.323. The van der Waals surface area contributed by atoms with E-state index in [9.17, 15) is 0 Å². The first-order valence-electron chi connectivity index (χ1n) is 1.22. The van der Waals surface area contributed by atoms with Crippen LogP contribution in [0.15, 0.2) is 12.7 Å².